The van der Waals surface area contributed by atoms with Gasteiger partial charge < -0.3 is 15.7 Å². The predicted octanol–water partition coefficient (Wildman–Crippen LogP) is -0.702. The van der Waals surface area contributed by atoms with E-state index in [0.717, 1.165) is 6.26 Å². The molecule has 26 heavy (non-hydrogen) atoms. The van der Waals surface area contributed by atoms with E-state index in [2.05, 4.69) is 15.1 Å². The van der Waals surface area contributed by atoms with Crippen molar-refractivity contribution in [2.24, 2.45) is 0 Å². The number of aromatic nitrogens is 4. The second-order valence-electron chi connectivity index (χ2n) is 6.37. The van der Waals surface area contributed by atoms with Gasteiger partial charge in [-0.05, 0) is 19.1 Å². The average Bonchev–Trinajstić information content (AvgIpc) is 2.95. The highest BCUT2D eigenvalue weighted by Gasteiger charge is 2.26. The molecule has 0 aromatic carbocycles. The molecule has 0 aliphatic carbocycles. The number of sulfone groups is 1. The third kappa shape index (κ3) is 3.99. The summed E-state index contributed by atoms with van der Waals surface area (Å²) in [6.45, 7) is 2.86. The predicted molar refractivity (Wildman–Crippen MR) is 92.8 cm³/mol. The van der Waals surface area contributed by atoms with E-state index in [1.54, 1.807) is 28.6 Å². The molecule has 2 aromatic rings. The molecule has 10 nitrogen and oxygen atoms in total. The molecule has 1 amide bonds. The lowest BCUT2D eigenvalue weighted by Gasteiger charge is -2.27. The van der Waals surface area contributed by atoms with E-state index in [4.69, 9.17) is 5.73 Å². The Morgan fingerprint density at radius 1 is 1.35 bits per heavy atom. The largest absolute Gasteiger partial charge is 0.386 e. The fraction of sp³-hybridized carbons (Fsp3) is 0.467. The van der Waals surface area contributed by atoms with E-state index in [-0.39, 0.29) is 29.8 Å². The van der Waals surface area contributed by atoms with Crippen molar-refractivity contribution >= 4 is 21.7 Å². The molecule has 0 radical (unpaired) electrons. The first-order valence-electron chi connectivity index (χ1n) is 7.95. The third-order valence-electron chi connectivity index (χ3n) is 4.00. The number of rotatable bonds is 4. The molecule has 0 fully saturated rings. The molecule has 1 unspecified atom stereocenters. The van der Waals surface area contributed by atoms with Crippen LogP contribution in [0, 0.1) is 6.92 Å². The Morgan fingerprint density at radius 2 is 2.08 bits per heavy atom. The van der Waals surface area contributed by atoms with Crippen molar-refractivity contribution in [3.63, 3.8) is 0 Å². The highest BCUT2D eigenvalue weighted by molar-refractivity contribution is 7.90. The first-order valence-corrected chi connectivity index (χ1v) is 10.0. The van der Waals surface area contributed by atoms with Crippen molar-refractivity contribution in [1.29, 1.82) is 0 Å². The SMILES string of the molecule is Cc1cc(C(=O)N2CCn3nc(C(O)CS(C)(=O)=O)cc3C2)nc(N)n1. The Morgan fingerprint density at radius 3 is 2.73 bits per heavy atom. The maximum absolute atomic E-state index is 12.7. The monoisotopic (exact) mass is 380 g/mol. The van der Waals surface area contributed by atoms with Crippen molar-refractivity contribution in [3.8, 4) is 0 Å². The quantitative estimate of drug-likeness (QED) is 0.708. The van der Waals surface area contributed by atoms with Crippen LogP contribution in [0.25, 0.3) is 0 Å². The molecule has 3 N–H and O–H groups in total. The van der Waals surface area contributed by atoms with Gasteiger partial charge in [-0.3, -0.25) is 9.48 Å². The number of carbonyl (C=O) groups is 1. The van der Waals surface area contributed by atoms with Gasteiger partial charge in [0, 0.05) is 18.5 Å². The molecule has 2 aromatic heterocycles. The minimum Gasteiger partial charge on any atom is -0.386 e. The van der Waals surface area contributed by atoms with Gasteiger partial charge >= 0.3 is 0 Å². The standard InChI is InChI=1S/C15H20N6O4S/c1-9-5-12(18-15(16)17-9)14(23)20-3-4-21-10(7-20)6-11(19-21)13(22)8-26(2,24)25/h5-6,13,22H,3-4,7-8H2,1-2H3,(H2,16,17,18). The molecule has 140 valence electrons. The molecule has 3 rings (SSSR count). The van der Waals surface area contributed by atoms with Crippen LogP contribution in [0.3, 0.4) is 0 Å². The molecule has 3 heterocycles. The summed E-state index contributed by atoms with van der Waals surface area (Å²) < 4.78 is 24.4. The van der Waals surface area contributed by atoms with E-state index in [1.807, 2.05) is 0 Å². The van der Waals surface area contributed by atoms with Crippen LogP contribution in [0.2, 0.25) is 0 Å². The van der Waals surface area contributed by atoms with Gasteiger partial charge in [0.1, 0.15) is 21.6 Å². The number of hydrogen-bond acceptors (Lipinski definition) is 8. The number of hydrogen-bond donors (Lipinski definition) is 2. The summed E-state index contributed by atoms with van der Waals surface area (Å²) in [7, 11) is -3.33. The topological polar surface area (TPSA) is 144 Å². The van der Waals surface area contributed by atoms with E-state index >= 15 is 0 Å². The van der Waals surface area contributed by atoms with Gasteiger partial charge in [0.15, 0.2) is 0 Å². The lowest BCUT2D eigenvalue weighted by molar-refractivity contribution is 0.0699. The summed E-state index contributed by atoms with van der Waals surface area (Å²) in [5, 5.41) is 14.3. The van der Waals surface area contributed by atoms with Crippen molar-refractivity contribution in [1.82, 2.24) is 24.6 Å². The maximum Gasteiger partial charge on any atom is 0.273 e. The van der Waals surface area contributed by atoms with Crippen LogP contribution in [0.15, 0.2) is 12.1 Å². The number of aliphatic hydroxyl groups excluding tert-OH is 1. The van der Waals surface area contributed by atoms with Crippen molar-refractivity contribution in [2.75, 3.05) is 24.3 Å². The van der Waals surface area contributed by atoms with Crippen LogP contribution in [-0.2, 0) is 22.9 Å². The van der Waals surface area contributed by atoms with Gasteiger partial charge in [0.05, 0.1) is 30.2 Å². The molecule has 1 aliphatic heterocycles. The molecule has 0 saturated heterocycles. The van der Waals surface area contributed by atoms with Crippen LogP contribution in [0.5, 0.6) is 0 Å². The summed E-state index contributed by atoms with van der Waals surface area (Å²) in [6.07, 6.45) is -0.140. The number of aryl methyl sites for hydroxylation is 1. The first-order chi connectivity index (χ1) is 12.1. The number of fused-ring (bicyclic) bond motifs is 1. The molecule has 1 aliphatic rings. The van der Waals surface area contributed by atoms with Crippen LogP contribution >= 0.6 is 0 Å². The van der Waals surface area contributed by atoms with Gasteiger partial charge in [-0.1, -0.05) is 0 Å². The zero-order chi connectivity index (χ0) is 19.1. The summed E-state index contributed by atoms with van der Waals surface area (Å²) in [5.74, 6) is -0.625. The van der Waals surface area contributed by atoms with E-state index in [1.165, 1.54) is 0 Å². The van der Waals surface area contributed by atoms with Crippen molar-refractivity contribution in [2.45, 2.75) is 26.1 Å². The smallest absolute Gasteiger partial charge is 0.273 e. The Bertz CT molecular complexity index is 935. The van der Waals surface area contributed by atoms with Crippen LogP contribution in [-0.4, -0.2) is 62.6 Å². The number of amides is 1. The molecular weight excluding hydrogens is 360 g/mol. The summed E-state index contributed by atoms with van der Waals surface area (Å²) in [5.41, 5.74) is 7.43. The number of aliphatic hydroxyl groups is 1. The fourth-order valence-corrected chi connectivity index (χ4v) is 3.60. The Labute approximate surface area is 150 Å². The maximum atomic E-state index is 12.7. The van der Waals surface area contributed by atoms with E-state index < -0.39 is 21.7 Å². The number of nitrogens with two attached hydrogens (primary N) is 1. The van der Waals surface area contributed by atoms with Crippen molar-refractivity contribution < 1.29 is 18.3 Å². The van der Waals surface area contributed by atoms with Crippen LogP contribution in [0.4, 0.5) is 5.95 Å². The van der Waals surface area contributed by atoms with E-state index in [9.17, 15) is 18.3 Å². The first kappa shape index (κ1) is 18.3. The highest BCUT2D eigenvalue weighted by atomic mass is 32.2. The molecule has 0 bridgehead atoms. The number of carbonyl (C=O) groups excluding carboxylic acids is 1. The Hall–Kier alpha value is -2.53. The number of anilines is 1. The van der Waals surface area contributed by atoms with Gasteiger partial charge in [-0.15, -0.1) is 0 Å². The molecule has 0 spiro atoms. The summed E-state index contributed by atoms with van der Waals surface area (Å²) >= 11 is 0. The summed E-state index contributed by atoms with van der Waals surface area (Å²) in [4.78, 5) is 22.2. The van der Waals surface area contributed by atoms with Gasteiger partial charge in [0.25, 0.3) is 5.91 Å². The molecular formula is C15H20N6O4S. The van der Waals surface area contributed by atoms with Crippen LogP contribution in [0.1, 0.15) is 33.7 Å². The van der Waals surface area contributed by atoms with Crippen molar-refractivity contribution in [3.05, 3.63) is 34.9 Å². The summed E-state index contributed by atoms with van der Waals surface area (Å²) in [6, 6.07) is 3.20. The fourth-order valence-electron chi connectivity index (χ4n) is 2.86. The van der Waals surface area contributed by atoms with Gasteiger partial charge in [-0.2, -0.15) is 5.10 Å². The Kier molecular flexibility index (Phi) is 4.67. The average molecular weight is 380 g/mol. The second-order valence-corrected chi connectivity index (χ2v) is 8.56. The molecule has 11 heteroatoms. The minimum absolute atomic E-state index is 0.0431. The second kappa shape index (κ2) is 6.65. The number of nitrogen functional groups attached to an aromatic ring is 1. The Balaban J connectivity index is 1.78. The zero-order valence-corrected chi connectivity index (χ0v) is 15.3. The molecule has 1 atom stereocenters. The lowest BCUT2D eigenvalue weighted by atomic mass is 10.2. The minimum atomic E-state index is -3.33. The lowest BCUT2D eigenvalue weighted by Crippen LogP contribution is -2.38. The van der Waals surface area contributed by atoms with Gasteiger partial charge in [-0.25, -0.2) is 18.4 Å². The van der Waals surface area contributed by atoms with Crippen LogP contribution < -0.4 is 5.73 Å². The van der Waals surface area contributed by atoms with Gasteiger partial charge in [0.2, 0.25) is 5.95 Å². The normalized spacial score (nSPS) is 15.6. The van der Waals surface area contributed by atoms with E-state index in [0.29, 0.717) is 24.5 Å². The number of nitrogens with zero attached hydrogens (tertiary/aromatic N) is 5. The molecule has 0 saturated carbocycles. The zero-order valence-electron chi connectivity index (χ0n) is 14.5. The highest BCUT2D eigenvalue weighted by Crippen LogP contribution is 2.20. The third-order valence-corrected chi connectivity index (χ3v) is 4.92.